The Labute approximate surface area is 198 Å². The summed E-state index contributed by atoms with van der Waals surface area (Å²) < 4.78 is 10.7. The lowest BCUT2D eigenvalue weighted by atomic mass is 10.0. The topological polar surface area (TPSA) is 80.5 Å². The number of nitrogens with zero attached hydrogens (tertiary/aromatic N) is 3. The number of ether oxygens (including phenoxy) is 1. The van der Waals surface area contributed by atoms with E-state index in [9.17, 15) is 4.79 Å². The number of carbonyl (C=O) groups excluding carboxylic acids is 1. The van der Waals surface area contributed by atoms with E-state index in [1.807, 2.05) is 24.3 Å². The zero-order chi connectivity index (χ0) is 23.0. The fourth-order valence-corrected chi connectivity index (χ4v) is 4.63. The highest BCUT2D eigenvalue weighted by atomic mass is 32.2. The van der Waals surface area contributed by atoms with Gasteiger partial charge in [-0.1, -0.05) is 42.1 Å². The molecule has 3 aromatic rings. The first-order valence-electron chi connectivity index (χ1n) is 11.3. The molecule has 1 amide bonds. The Morgan fingerprint density at radius 3 is 2.85 bits per heavy atom. The van der Waals surface area contributed by atoms with E-state index < -0.39 is 0 Å². The van der Waals surface area contributed by atoms with Crippen LogP contribution in [0.2, 0.25) is 0 Å². The number of benzene rings is 1. The van der Waals surface area contributed by atoms with Crippen molar-refractivity contribution in [2.75, 3.05) is 31.7 Å². The van der Waals surface area contributed by atoms with E-state index in [0.717, 1.165) is 23.6 Å². The highest BCUT2D eigenvalue weighted by Crippen LogP contribution is 2.30. The van der Waals surface area contributed by atoms with Crippen LogP contribution in [0.1, 0.15) is 42.5 Å². The van der Waals surface area contributed by atoms with Crippen LogP contribution >= 0.6 is 11.8 Å². The number of thioether (sulfide) groups is 1. The van der Waals surface area contributed by atoms with Crippen molar-refractivity contribution in [1.29, 1.82) is 0 Å². The molecule has 0 radical (unpaired) electrons. The van der Waals surface area contributed by atoms with Gasteiger partial charge in [0.25, 0.3) is 5.91 Å². The summed E-state index contributed by atoms with van der Waals surface area (Å²) in [5, 5.41) is 3.47. The van der Waals surface area contributed by atoms with E-state index in [-0.39, 0.29) is 5.91 Å². The maximum atomic E-state index is 12.2. The van der Waals surface area contributed by atoms with Crippen molar-refractivity contribution in [3.05, 3.63) is 60.1 Å². The molecule has 4 rings (SSSR count). The van der Waals surface area contributed by atoms with E-state index >= 15 is 0 Å². The maximum Gasteiger partial charge on any atom is 0.287 e. The number of anilines is 1. The minimum Gasteiger partial charge on any atom is -0.455 e. The zero-order valence-corrected chi connectivity index (χ0v) is 19.9. The molecule has 3 heterocycles. The third-order valence-corrected chi connectivity index (χ3v) is 6.55. The monoisotopic (exact) mass is 466 g/mol. The van der Waals surface area contributed by atoms with Gasteiger partial charge >= 0.3 is 0 Å². The van der Waals surface area contributed by atoms with Crippen molar-refractivity contribution in [1.82, 2.24) is 15.3 Å². The highest BCUT2D eigenvalue weighted by Gasteiger charge is 2.21. The number of aromatic nitrogens is 2. The van der Waals surface area contributed by atoms with Crippen LogP contribution in [-0.2, 0) is 10.5 Å². The molecule has 0 aliphatic carbocycles. The molecular formula is C25H30N4O3S. The van der Waals surface area contributed by atoms with Crippen molar-refractivity contribution < 1.29 is 13.9 Å². The summed E-state index contributed by atoms with van der Waals surface area (Å²) in [7, 11) is 1.60. The predicted molar refractivity (Wildman–Crippen MR) is 131 cm³/mol. The first kappa shape index (κ1) is 23.3. The molecule has 0 spiro atoms. The second kappa shape index (κ2) is 11.3. The van der Waals surface area contributed by atoms with E-state index in [2.05, 4.69) is 35.3 Å². The van der Waals surface area contributed by atoms with Gasteiger partial charge in [0.1, 0.15) is 11.6 Å². The van der Waals surface area contributed by atoms with Crippen LogP contribution < -0.4 is 10.2 Å². The lowest BCUT2D eigenvalue weighted by molar-refractivity contribution is 0.0908. The molecule has 1 aromatic carbocycles. The van der Waals surface area contributed by atoms with Crippen LogP contribution in [0, 0.1) is 0 Å². The Balaban J connectivity index is 1.51. The van der Waals surface area contributed by atoms with E-state index in [0.29, 0.717) is 41.6 Å². The summed E-state index contributed by atoms with van der Waals surface area (Å²) in [5.74, 6) is 2.27. The number of carbonyl (C=O) groups is 1. The normalized spacial score (nSPS) is 16.1. The molecule has 1 unspecified atom stereocenters. The van der Waals surface area contributed by atoms with E-state index in [4.69, 9.17) is 19.1 Å². The predicted octanol–water partition coefficient (Wildman–Crippen LogP) is 4.78. The largest absolute Gasteiger partial charge is 0.455 e. The van der Waals surface area contributed by atoms with Gasteiger partial charge in [0.15, 0.2) is 10.9 Å². The van der Waals surface area contributed by atoms with Crippen LogP contribution in [0.15, 0.2) is 58.1 Å². The van der Waals surface area contributed by atoms with Crippen LogP contribution in [0.3, 0.4) is 0 Å². The highest BCUT2D eigenvalue weighted by molar-refractivity contribution is 7.98. The first-order chi connectivity index (χ1) is 16.1. The molecular weight excluding hydrogens is 436 g/mol. The van der Waals surface area contributed by atoms with Crippen molar-refractivity contribution in [2.24, 2.45) is 0 Å². The Kier molecular flexibility index (Phi) is 8.01. The third-order valence-electron chi connectivity index (χ3n) is 5.68. The van der Waals surface area contributed by atoms with Crippen LogP contribution in [0.4, 0.5) is 5.82 Å². The second-order valence-corrected chi connectivity index (χ2v) is 9.04. The Hall–Kier alpha value is -2.84. The van der Waals surface area contributed by atoms with Gasteiger partial charge < -0.3 is 19.4 Å². The first-order valence-corrected chi connectivity index (χ1v) is 12.3. The number of hydrogen-bond acceptors (Lipinski definition) is 7. The fourth-order valence-electron chi connectivity index (χ4n) is 3.89. The Bertz CT molecular complexity index is 1060. The van der Waals surface area contributed by atoms with Crippen LogP contribution in [-0.4, -0.2) is 48.7 Å². The molecule has 0 saturated carbocycles. The quantitative estimate of drug-likeness (QED) is 0.276. The number of methoxy groups -OCH3 is 1. The third kappa shape index (κ3) is 6.15. The SMILES string of the molecule is COCCNC(=O)c1ccc(CSc2nc(-c3ccccc3)cc(N3CCCCC3C)n2)o1. The zero-order valence-electron chi connectivity index (χ0n) is 19.1. The van der Waals surface area contributed by atoms with Gasteiger partial charge in [-0.25, -0.2) is 9.97 Å². The van der Waals surface area contributed by atoms with Crippen molar-refractivity contribution >= 4 is 23.5 Å². The average Bonchev–Trinajstić information content (AvgIpc) is 3.33. The number of nitrogens with one attached hydrogen (secondary N) is 1. The molecule has 1 atom stereocenters. The molecule has 1 N–H and O–H groups in total. The number of furan rings is 1. The smallest absolute Gasteiger partial charge is 0.287 e. The van der Waals surface area contributed by atoms with Crippen LogP contribution in [0.5, 0.6) is 0 Å². The summed E-state index contributed by atoms with van der Waals surface area (Å²) in [4.78, 5) is 24.3. The van der Waals surface area contributed by atoms with Gasteiger partial charge in [0, 0.05) is 37.9 Å². The lowest BCUT2D eigenvalue weighted by Crippen LogP contribution is -2.38. The lowest BCUT2D eigenvalue weighted by Gasteiger charge is -2.34. The summed E-state index contributed by atoms with van der Waals surface area (Å²) in [6.45, 7) is 4.18. The molecule has 0 bridgehead atoms. The number of amides is 1. The minimum atomic E-state index is -0.244. The maximum absolute atomic E-state index is 12.2. The summed E-state index contributed by atoms with van der Waals surface area (Å²) in [6.07, 6.45) is 3.61. The molecule has 2 aromatic heterocycles. The minimum absolute atomic E-state index is 0.244. The molecule has 1 saturated heterocycles. The van der Waals surface area contributed by atoms with Crippen molar-refractivity contribution in [3.63, 3.8) is 0 Å². The number of hydrogen-bond donors (Lipinski definition) is 1. The second-order valence-electron chi connectivity index (χ2n) is 8.10. The van der Waals surface area contributed by atoms with Gasteiger partial charge in [-0.2, -0.15) is 0 Å². The molecule has 1 aliphatic rings. The van der Waals surface area contributed by atoms with Gasteiger partial charge in [0.05, 0.1) is 18.1 Å². The standard InChI is InChI=1S/C25H30N4O3S/c1-18-8-6-7-14-29(18)23-16-21(19-9-4-3-5-10-19)27-25(28-23)33-17-20-11-12-22(32-20)24(30)26-13-15-31-2/h3-5,9-12,16,18H,6-8,13-15,17H2,1-2H3,(H,26,30). The summed E-state index contributed by atoms with van der Waals surface area (Å²) in [5.41, 5.74) is 1.99. The molecule has 1 aliphatic heterocycles. The molecule has 8 heteroatoms. The molecule has 7 nitrogen and oxygen atoms in total. The summed E-state index contributed by atoms with van der Waals surface area (Å²) >= 11 is 1.51. The van der Waals surface area contributed by atoms with Gasteiger partial charge in [-0.05, 0) is 38.3 Å². The van der Waals surface area contributed by atoms with E-state index in [1.54, 1.807) is 13.2 Å². The van der Waals surface area contributed by atoms with Gasteiger partial charge in [-0.15, -0.1) is 0 Å². The molecule has 33 heavy (non-hydrogen) atoms. The number of piperidine rings is 1. The van der Waals surface area contributed by atoms with Crippen molar-refractivity contribution in [3.8, 4) is 11.3 Å². The molecule has 1 fully saturated rings. The Morgan fingerprint density at radius 1 is 1.21 bits per heavy atom. The van der Waals surface area contributed by atoms with E-state index in [1.165, 1.54) is 31.0 Å². The summed E-state index contributed by atoms with van der Waals surface area (Å²) in [6, 6.07) is 16.3. The van der Waals surface area contributed by atoms with Crippen molar-refractivity contribution in [2.45, 2.75) is 43.1 Å². The van der Waals surface area contributed by atoms with Crippen LogP contribution in [0.25, 0.3) is 11.3 Å². The molecule has 174 valence electrons. The van der Waals surface area contributed by atoms with Gasteiger partial charge in [-0.3, -0.25) is 4.79 Å². The Morgan fingerprint density at radius 2 is 2.06 bits per heavy atom. The number of rotatable bonds is 9. The fraction of sp³-hybridized carbons (Fsp3) is 0.400. The average molecular weight is 467 g/mol. The van der Waals surface area contributed by atoms with Gasteiger partial charge in [0.2, 0.25) is 0 Å².